The summed E-state index contributed by atoms with van der Waals surface area (Å²) < 4.78 is 8.31. The van der Waals surface area contributed by atoms with Crippen molar-refractivity contribution in [2.45, 2.75) is 18.9 Å². The minimum atomic E-state index is -0.0728. The van der Waals surface area contributed by atoms with Crippen LogP contribution in [-0.2, 0) is 20.9 Å². The highest BCUT2D eigenvalue weighted by Gasteiger charge is 2.35. The highest BCUT2D eigenvalue weighted by Crippen LogP contribution is 2.34. The zero-order chi connectivity index (χ0) is 21.4. The van der Waals surface area contributed by atoms with Crippen molar-refractivity contribution in [3.8, 4) is 0 Å². The lowest BCUT2D eigenvalue weighted by molar-refractivity contribution is -0.135. The van der Waals surface area contributed by atoms with Crippen molar-refractivity contribution < 1.29 is 14.3 Å². The van der Waals surface area contributed by atoms with Gasteiger partial charge in [-0.05, 0) is 30.3 Å². The maximum absolute atomic E-state index is 13.0. The van der Waals surface area contributed by atoms with Crippen LogP contribution in [0.5, 0.6) is 0 Å². The number of fused-ring (bicyclic) bond motifs is 1. The number of imidazole rings is 1. The van der Waals surface area contributed by atoms with Crippen LogP contribution in [0, 0.1) is 0 Å². The first kappa shape index (κ1) is 20.2. The highest BCUT2D eigenvalue weighted by molar-refractivity contribution is 9.10. The van der Waals surface area contributed by atoms with Gasteiger partial charge in [-0.3, -0.25) is 9.59 Å². The second-order valence-electron chi connectivity index (χ2n) is 7.92. The number of aromatic nitrogens is 2. The van der Waals surface area contributed by atoms with E-state index in [9.17, 15) is 9.59 Å². The SMILES string of the molecule is O=C(Cn1c(C2CC(=O)N(c3cccc(Br)c3)C2)nc2ccccc21)N1CCOCC1. The number of para-hydroxylation sites is 2. The second kappa shape index (κ2) is 8.43. The number of benzene rings is 2. The Morgan fingerprint density at radius 2 is 1.94 bits per heavy atom. The fourth-order valence-electron chi connectivity index (χ4n) is 4.39. The largest absolute Gasteiger partial charge is 0.378 e. The molecule has 160 valence electrons. The van der Waals surface area contributed by atoms with Gasteiger partial charge >= 0.3 is 0 Å². The summed E-state index contributed by atoms with van der Waals surface area (Å²) in [4.78, 5) is 34.4. The molecule has 1 aromatic heterocycles. The van der Waals surface area contributed by atoms with Crippen molar-refractivity contribution in [3.63, 3.8) is 0 Å². The molecule has 3 heterocycles. The van der Waals surface area contributed by atoms with Crippen molar-refractivity contribution in [3.05, 3.63) is 58.8 Å². The molecule has 3 aromatic rings. The second-order valence-corrected chi connectivity index (χ2v) is 8.84. The van der Waals surface area contributed by atoms with Gasteiger partial charge in [-0.1, -0.05) is 34.1 Å². The first-order chi connectivity index (χ1) is 15.1. The van der Waals surface area contributed by atoms with Crippen molar-refractivity contribution in [1.82, 2.24) is 14.5 Å². The quantitative estimate of drug-likeness (QED) is 0.572. The normalized spacial score (nSPS) is 19.4. The van der Waals surface area contributed by atoms with E-state index in [1.54, 1.807) is 0 Å². The molecule has 2 amide bonds. The maximum atomic E-state index is 13.0. The van der Waals surface area contributed by atoms with Crippen LogP contribution in [0.3, 0.4) is 0 Å². The van der Waals surface area contributed by atoms with E-state index in [2.05, 4.69) is 15.9 Å². The summed E-state index contributed by atoms with van der Waals surface area (Å²) in [5, 5.41) is 0. The van der Waals surface area contributed by atoms with Gasteiger partial charge in [0.05, 0.1) is 24.2 Å². The van der Waals surface area contributed by atoms with Gasteiger partial charge in [-0.15, -0.1) is 0 Å². The monoisotopic (exact) mass is 482 g/mol. The van der Waals surface area contributed by atoms with Crippen LogP contribution in [0.4, 0.5) is 5.69 Å². The van der Waals surface area contributed by atoms with Gasteiger partial charge in [-0.25, -0.2) is 4.98 Å². The van der Waals surface area contributed by atoms with E-state index < -0.39 is 0 Å². The van der Waals surface area contributed by atoms with Crippen LogP contribution < -0.4 is 4.90 Å². The van der Waals surface area contributed by atoms with Crippen LogP contribution in [0.15, 0.2) is 53.0 Å². The van der Waals surface area contributed by atoms with E-state index in [1.165, 1.54) is 0 Å². The molecule has 2 saturated heterocycles. The molecule has 2 aliphatic rings. The molecule has 0 spiro atoms. The highest BCUT2D eigenvalue weighted by atomic mass is 79.9. The van der Waals surface area contributed by atoms with E-state index in [0.717, 1.165) is 27.0 Å². The van der Waals surface area contributed by atoms with Crippen LogP contribution in [0.25, 0.3) is 11.0 Å². The Hall–Kier alpha value is -2.71. The molecule has 2 fully saturated rings. The van der Waals surface area contributed by atoms with Gasteiger partial charge in [0.2, 0.25) is 11.8 Å². The van der Waals surface area contributed by atoms with E-state index in [0.29, 0.717) is 39.3 Å². The third kappa shape index (κ3) is 3.97. The topological polar surface area (TPSA) is 67.7 Å². The molecule has 2 aromatic carbocycles. The number of morpholine rings is 1. The number of nitrogens with zero attached hydrogens (tertiary/aromatic N) is 4. The third-order valence-corrected chi connectivity index (χ3v) is 6.44. The molecule has 0 aliphatic carbocycles. The molecule has 8 heteroatoms. The molecule has 1 atom stereocenters. The summed E-state index contributed by atoms with van der Waals surface area (Å²) in [7, 11) is 0. The Morgan fingerprint density at radius 1 is 1.13 bits per heavy atom. The summed E-state index contributed by atoms with van der Waals surface area (Å²) in [5.41, 5.74) is 2.64. The van der Waals surface area contributed by atoms with Gasteiger partial charge < -0.3 is 19.1 Å². The predicted octanol–water partition coefficient (Wildman–Crippen LogP) is 3.18. The van der Waals surface area contributed by atoms with Gasteiger partial charge in [0, 0.05) is 42.1 Å². The van der Waals surface area contributed by atoms with Crippen molar-refractivity contribution in [2.75, 3.05) is 37.7 Å². The molecule has 0 radical (unpaired) electrons. The fraction of sp³-hybridized carbons (Fsp3) is 0.348. The number of carbonyl (C=O) groups excluding carboxylic acids is 2. The Kier molecular flexibility index (Phi) is 5.50. The zero-order valence-corrected chi connectivity index (χ0v) is 18.6. The Morgan fingerprint density at radius 3 is 2.74 bits per heavy atom. The average molecular weight is 483 g/mol. The molecular weight excluding hydrogens is 460 g/mol. The summed E-state index contributed by atoms with van der Waals surface area (Å²) in [6, 6.07) is 15.6. The predicted molar refractivity (Wildman–Crippen MR) is 121 cm³/mol. The van der Waals surface area contributed by atoms with E-state index in [1.807, 2.05) is 62.9 Å². The van der Waals surface area contributed by atoms with Gasteiger partial charge in [0.15, 0.2) is 0 Å². The maximum Gasteiger partial charge on any atom is 0.242 e. The third-order valence-electron chi connectivity index (χ3n) is 5.95. The van der Waals surface area contributed by atoms with Crippen molar-refractivity contribution >= 4 is 44.5 Å². The number of carbonyl (C=O) groups is 2. The lowest BCUT2D eigenvalue weighted by Gasteiger charge is -2.27. The van der Waals surface area contributed by atoms with Crippen LogP contribution in [-0.4, -0.2) is 59.1 Å². The minimum absolute atomic E-state index is 0.0564. The molecule has 31 heavy (non-hydrogen) atoms. The van der Waals surface area contributed by atoms with Gasteiger partial charge in [0.1, 0.15) is 12.4 Å². The molecule has 7 nitrogen and oxygen atoms in total. The molecule has 2 aliphatic heterocycles. The number of hydrogen-bond donors (Lipinski definition) is 0. The molecular formula is C23H23BrN4O3. The van der Waals surface area contributed by atoms with Gasteiger partial charge in [0.25, 0.3) is 0 Å². The molecule has 1 unspecified atom stereocenters. The lowest BCUT2D eigenvalue weighted by atomic mass is 10.1. The number of ether oxygens (including phenoxy) is 1. The lowest BCUT2D eigenvalue weighted by Crippen LogP contribution is -2.42. The molecule has 0 saturated carbocycles. The number of amides is 2. The summed E-state index contributed by atoms with van der Waals surface area (Å²) >= 11 is 3.48. The standard InChI is InChI=1S/C23H23BrN4O3/c24-17-4-3-5-18(13-17)27-14-16(12-21(27)29)23-25-19-6-1-2-7-20(19)28(23)15-22(30)26-8-10-31-11-9-26/h1-7,13,16H,8-12,14-15H2. The Labute approximate surface area is 188 Å². The van der Waals surface area contributed by atoms with Crippen LogP contribution in [0.1, 0.15) is 18.2 Å². The smallest absolute Gasteiger partial charge is 0.242 e. The Bertz CT molecular complexity index is 1140. The number of anilines is 1. The summed E-state index contributed by atoms with van der Waals surface area (Å²) in [5.74, 6) is 0.854. The van der Waals surface area contributed by atoms with E-state index >= 15 is 0 Å². The molecule has 5 rings (SSSR count). The molecule has 0 N–H and O–H groups in total. The number of halogens is 1. The number of hydrogen-bond acceptors (Lipinski definition) is 4. The number of rotatable bonds is 4. The van der Waals surface area contributed by atoms with Crippen LogP contribution >= 0.6 is 15.9 Å². The Balaban J connectivity index is 1.46. The van der Waals surface area contributed by atoms with Crippen molar-refractivity contribution in [2.24, 2.45) is 0 Å². The average Bonchev–Trinajstić information content (AvgIpc) is 3.35. The first-order valence-corrected chi connectivity index (χ1v) is 11.3. The minimum Gasteiger partial charge on any atom is -0.378 e. The summed E-state index contributed by atoms with van der Waals surface area (Å²) in [6.45, 7) is 3.13. The van der Waals surface area contributed by atoms with E-state index in [4.69, 9.17) is 9.72 Å². The zero-order valence-electron chi connectivity index (χ0n) is 17.0. The van der Waals surface area contributed by atoms with E-state index in [-0.39, 0.29) is 24.3 Å². The first-order valence-electron chi connectivity index (χ1n) is 10.5. The van der Waals surface area contributed by atoms with Crippen LogP contribution in [0.2, 0.25) is 0 Å². The molecule has 0 bridgehead atoms. The summed E-state index contributed by atoms with van der Waals surface area (Å²) in [6.07, 6.45) is 0.377. The van der Waals surface area contributed by atoms with Gasteiger partial charge in [-0.2, -0.15) is 0 Å². The van der Waals surface area contributed by atoms with Crippen molar-refractivity contribution in [1.29, 1.82) is 0 Å². The fourth-order valence-corrected chi connectivity index (χ4v) is 4.78.